The summed E-state index contributed by atoms with van der Waals surface area (Å²) >= 11 is 0. The Balaban J connectivity index is 1.25. The van der Waals surface area contributed by atoms with Crippen LogP contribution in [0.5, 0.6) is 0 Å². The standard InChI is InChI=1S/C43H30N5OP/c49-50(36-17-3-1-4-18-36,37-19-5-2-6-20-37)38-25-23-31(24-26-38)41-46-42(34-15-11-13-32(29-34)39-21-7-9-27-44-39)48-43(47-41)35-16-12-14-33(30-35)40-22-8-10-28-45-40/h1-30H. The van der Waals surface area contributed by atoms with E-state index in [1.54, 1.807) is 12.4 Å². The molecule has 238 valence electrons. The third-order valence-corrected chi connectivity index (χ3v) is 11.6. The molecule has 6 nitrogen and oxygen atoms in total. The Labute approximate surface area is 290 Å². The molecule has 7 heteroatoms. The second-order valence-corrected chi connectivity index (χ2v) is 14.5. The van der Waals surface area contributed by atoms with E-state index in [0.717, 1.165) is 55.1 Å². The molecule has 8 rings (SSSR count). The molecule has 0 aliphatic rings. The van der Waals surface area contributed by atoms with Crippen molar-refractivity contribution in [1.29, 1.82) is 0 Å². The van der Waals surface area contributed by atoms with Crippen molar-refractivity contribution in [3.8, 4) is 56.7 Å². The zero-order valence-corrected chi connectivity index (χ0v) is 27.8. The van der Waals surface area contributed by atoms with E-state index in [4.69, 9.17) is 15.0 Å². The van der Waals surface area contributed by atoms with E-state index in [9.17, 15) is 4.57 Å². The number of benzene rings is 5. The van der Waals surface area contributed by atoms with Crippen molar-refractivity contribution in [1.82, 2.24) is 24.9 Å². The minimum absolute atomic E-state index is 0.511. The Kier molecular flexibility index (Phi) is 8.44. The van der Waals surface area contributed by atoms with Crippen LogP contribution in [0.3, 0.4) is 0 Å². The number of pyridine rings is 2. The SMILES string of the molecule is O=P(c1ccccc1)(c1ccccc1)c1ccc(-c2nc(-c3cccc(-c4ccccn4)c3)nc(-c3cccc(-c4ccccn4)c3)n2)cc1. The van der Waals surface area contributed by atoms with Crippen LogP contribution in [-0.2, 0) is 4.57 Å². The first-order chi connectivity index (χ1) is 24.6. The molecule has 5 aromatic carbocycles. The molecule has 0 bridgehead atoms. The molecule has 50 heavy (non-hydrogen) atoms. The summed E-state index contributed by atoms with van der Waals surface area (Å²) in [5.74, 6) is 1.58. The van der Waals surface area contributed by atoms with Crippen LogP contribution in [0, 0.1) is 0 Å². The summed E-state index contributed by atoms with van der Waals surface area (Å²) in [6, 6.07) is 55.0. The van der Waals surface area contributed by atoms with Gasteiger partial charge in [-0.1, -0.05) is 133 Å². The van der Waals surface area contributed by atoms with Crippen LogP contribution in [-0.4, -0.2) is 24.9 Å². The van der Waals surface area contributed by atoms with Gasteiger partial charge < -0.3 is 4.57 Å². The van der Waals surface area contributed by atoms with Crippen molar-refractivity contribution in [3.05, 3.63) is 182 Å². The van der Waals surface area contributed by atoms with Crippen LogP contribution in [0.2, 0.25) is 0 Å². The fourth-order valence-electron chi connectivity index (χ4n) is 6.01. The lowest BCUT2D eigenvalue weighted by atomic mass is 10.1. The van der Waals surface area contributed by atoms with E-state index in [1.165, 1.54) is 0 Å². The highest BCUT2D eigenvalue weighted by molar-refractivity contribution is 7.85. The highest BCUT2D eigenvalue weighted by Gasteiger charge is 2.29. The average Bonchev–Trinajstić information content (AvgIpc) is 3.22. The number of rotatable bonds is 8. The van der Waals surface area contributed by atoms with Gasteiger partial charge in [0.05, 0.1) is 11.4 Å². The predicted molar refractivity (Wildman–Crippen MR) is 202 cm³/mol. The fraction of sp³-hybridized carbons (Fsp3) is 0. The molecular formula is C43H30N5OP. The van der Waals surface area contributed by atoms with E-state index in [-0.39, 0.29) is 0 Å². The first-order valence-electron chi connectivity index (χ1n) is 16.3. The van der Waals surface area contributed by atoms with E-state index in [1.807, 2.05) is 158 Å². The molecule has 0 aliphatic carbocycles. The number of aromatic nitrogens is 5. The van der Waals surface area contributed by atoms with Crippen LogP contribution in [0.15, 0.2) is 182 Å². The minimum Gasteiger partial charge on any atom is -0.309 e. The second-order valence-electron chi connectivity index (χ2n) is 11.7. The van der Waals surface area contributed by atoms with Gasteiger partial charge in [-0.05, 0) is 36.4 Å². The van der Waals surface area contributed by atoms with Gasteiger partial charge in [0.1, 0.15) is 0 Å². The first-order valence-corrected chi connectivity index (χ1v) is 18.0. The molecular weight excluding hydrogens is 633 g/mol. The van der Waals surface area contributed by atoms with E-state index < -0.39 is 7.14 Å². The number of hydrogen-bond donors (Lipinski definition) is 0. The summed E-state index contributed by atoms with van der Waals surface area (Å²) in [5, 5.41) is 2.30. The molecule has 0 fully saturated rings. The van der Waals surface area contributed by atoms with Gasteiger partial charge in [-0.2, -0.15) is 0 Å². The Morgan fingerprint density at radius 3 is 1.18 bits per heavy atom. The summed E-state index contributed by atoms with van der Waals surface area (Å²) in [7, 11) is -3.14. The van der Waals surface area contributed by atoms with E-state index in [2.05, 4.69) is 22.1 Å². The summed E-state index contributed by atoms with van der Waals surface area (Å²) in [6.07, 6.45) is 3.57. The molecule has 0 saturated heterocycles. The normalized spacial score (nSPS) is 11.3. The molecule has 3 heterocycles. The first kappa shape index (κ1) is 30.9. The number of hydrogen-bond acceptors (Lipinski definition) is 6. The van der Waals surface area contributed by atoms with Crippen LogP contribution >= 0.6 is 7.14 Å². The monoisotopic (exact) mass is 663 g/mol. The lowest BCUT2D eigenvalue weighted by Gasteiger charge is -2.20. The highest BCUT2D eigenvalue weighted by Crippen LogP contribution is 2.42. The highest BCUT2D eigenvalue weighted by atomic mass is 31.2. The third kappa shape index (κ3) is 6.16. The summed E-state index contributed by atoms with van der Waals surface area (Å²) < 4.78 is 15.0. The minimum atomic E-state index is -3.14. The van der Waals surface area contributed by atoms with Gasteiger partial charge in [0.2, 0.25) is 0 Å². The van der Waals surface area contributed by atoms with E-state index >= 15 is 0 Å². The number of nitrogens with zero attached hydrogens (tertiary/aromatic N) is 5. The second kappa shape index (κ2) is 13.6. The van der Waals surface area contributed by atoms with Gasteiger partial charge >= 0.3 is 0 Å². The van der Waals surface area contributed by atoms with Crippen molar-refractivity contribution < 1.29 is 4.57 Å². The molecule has 3 aromatic heterocycles. The van der Waals surface area contributed by atoms with Crippen molar-refractivity contribution >= 4 is 23.1 Å². The van der Waals surface area contributed by atoms with Crippen molar-refractivity contribution in [3.63, 3.8) is 0 Å². The molecule has 8 aromatic rings. The Bertz CT molecular complexity index is 2300. The Morgan fingerprint density at radius 2 is 0.740 bits per heavy atom. The van der Waals surface area contributed by atoms with Crippen molar-refractivity contribution in [2.45, 2.75) is 0 Å². The third-order valence-electron chi connectivity index (χ3n) is 8.53. The van der Waals surface area contributed by atoms with Crippen LogP contribution in [0.1, 0.15) is 0 Å². The maximum atomic E-state index is 15.0. The molecule has 0 atom stereocenters. The Hall–Kier alpha value is -6.36. The Morgan fingerprint density at radius 1 is 0.340 bits per heavy atom. The van der Waals surface area contributed by atoms with Crippen molar-refractivity contribution in [2.24, 2.45) is 0 Å². The summed E-state index contributed by atoms with van der Waals surface area (Å²) in [4.78, 5) is 24.1. The van der Waals surface area contributed by atoms with Crippen LogP contribution in [0.4, 0.5) is 0 Å². The maximum absolute atomic E-state index is 15.0. The zero-order chi connectivity index (χ0) is 33.8. The maximum Gasteiger partial charge on any atom is 0.171 e. The summed E-state index contributed by atoms with van der Waals surface area (Å²) in [6.45, 7) is 0. The van der Waals surface area contributed by atoms with Gasteiger partial charge in [-0.3, -0.25) is 9.97 Å². The molecule has 0 aliphatic heterocycles. The van der Waals surface area contributed by atoms with Gasteiger partial charge in [0.25, 0.3) is 0 Å². The molecule has 0 amide bonds. The van der Waals surface area contributed by atoms with Gasteiger partial charge in [-0.25, -0.2) is 15.0 Å². The lowest BCUT2D eigenvalue weighted by Crippen LogP contribution is -2.24. The predicted octanol–water partition coefficient (Wildman–Crippen LogP) is 8.64. The smallest absolute Gasteiger partial charge is 0.171 e. The van der Waals surface area contributed by atoms with Gasteiger partial charge in [0, 0.05) is 56.1 Å². The van der Waals surface area contributed by atoms with Crippen molar-refractivity contribution in [2.75, 3.05) is 0 Å². The topological polar surface area (TPSA) is 81.5 Å². The average molecular weight is 664 g/mol. The fourth-order valence-corrected chi connectivity index (χ4v) is 8.66. The van der Waals surface area contributed by atoms with Gasteiger partial charge in [0.15, 0.2) is 24.6 Å². The molecule has 0 spiro atoms. The quantitative estimate of drug-likeness (QED) is 0.152. The molecule has 0 N–H and O–H groups in total. The molecule has 0 saturated carbocycles. The largest absolute Gasteiger partial charge is 0.309 e. The molecule has 0 radical (unpaired) electrons. The summed E-state index contributed by atoms with van der Waals surface area (Å²) in [5.41, 5.74) is 6.12. The van der Waals surface area contributed by atoms with Crippen LogP contribution < -0.4 is 15.9 Å². The lowest BCUT2D eigenvalue weighted by molar-refractivity contribution is 0.592. The van der Waals surface area contributed by atoms with E-state index in [0.29, 0.717) is 17.5 Å². The molecule has 0 unspecified atom stereocenters. The zero-order valence-electron chi connectivity index (χ0n) is 26.9. The van der Waals surface area contributed by atoms with Crippen LogP contribution in [0.25, 0.3) is 56.7 Å². The van der Waals surface area contributed by atoms with Gasteiger partial charge in [-0.15, -0.1) is 0 Å².